The highest BCUT2D eigenvalue weighted by molar-refractivity contribution is 5.71. The molecule has 0 aliphatic carbocycles. The molecule has 98 valence electrons. The minimum atomic E-state index is -0.123. The summed E-state index contributed by atoms with van der Waals surface area (Å²) in [6.07, 6.45) is 3.32. The van der Waals surface area contributed by atoms with E-state index in [4.69, 9.17) is 9.47 Å². The van der Waals surface area contributed by atoms with Gasteiger partial charge in [0, 0.05) is 19.7 Å². The first-order valence-electron chi connectivity index (χ1n) is 6.55. The SMILES string of the molecule is O=C(CN1CCCNCC1)OCC1CCCO1. The average Bonchev–Trinajstić information content (AvgIpc) is 2.72. The molecule has 0 saturated carbocycles. The molecule has 2 aliphatic rings. The molecule has 2 heterocycles. The number of esters is 1. The van der Waals surface area contributed by atoms with Crippen LogP contribution in [-0.2, 0) is 14.3 Å². The fourth-order valence-electron chi connectivity index (χ4n) is 2.25. The van der Waals surface area contributed by atoms with Gasteiger partial charge in [0.2, 0.25) is 0 Å². The number of nitrogens with zero attached hydrogens (tertiary/aromatic N) is 1. The third kappa shape index (κ3) is 4.61. The van der Waals surface area contributed by atoms with E-state index in [9.17, 15) is 4.79 Å². The molecule has 0 bridgehead atoms. The molecule has 2 fully saturated rings. The summed E-state index contributed by atoms with van der Waals surface area (Å²) in [5, 5.41) is 3.31. The normalized spacial score (nSPS) is 26.7. The zero-order chi connectivity index (χ0) is 11.9. The fourth-order valence-corrected chi connectivity index (χ4v) is 2.25. The van der Waals surface area contributed by atoms with Crippen LogP contribution in [0.4, 0.5) is 0 Å². The number of carbonyl (C=O) groups excluding carboxylic acids is 1. The van der Waals surface area contributed by atoms with Crippen LogP contribution in [0.2, 0.25) is 0 Å². The zero-order valence-corrected chi connectivity index (χ0v) is 10.3. The van der Waals surface area contributed by atoms with Crippen LogP contribution in [0, 0.1) is 0 Å². The van der Waals surface area contributed by atoms with Gasteiger partial charge in [-0.25, -0.2) is 0 Å². The summed E-state index contributed by atoms with van der Waals surface area (Å²) in [7, 11) is 0. The highest BCUT2D eigenvalue weighted by Gasteiger charge is 2.19. The third-order valence-corrected chi connectivity index (χ3v) is 3.24. The maximum absolute atomic E-state index is 11.6. The molecule has 0 radical (unpaired) electrons. The van der Waals surface area contributed by atoms with Crippen molar-refractivity contribution in [3.05, 3.63) is 0 Å². The van der Waals surface area contributed by atoms with Gasteiger partial charge in [0.1, 0.15) is 6.61 Å². The lowest BCUT2D eigenvalue weighted by Gasteiger charge is -2.18. The summed E-state index contributed by atoms with van der Waals surface area (Å²) < 4.78 is 10.7. The third-order valence-electron chi connectivity index (χ3n) is 3.24. The van der Waals surface area contributed by atoms with Crippen LogP contribution in [0.25, 0.3) is 0 Å². The van der Waals surface area contributed by atoms with Gasteiger partial charge in [-0.1, -0.05) is 0 Å². The monoisotopic (exact) mass is 242 g/mol. The standard InChI is InChI=1S/C12H22N2O3/c15-12(17-10-11-3-1-8-16-11)9-14-6-2-4-13-5-7-14/h11,13H,1-10H2. The quantitative estimate of drug-likeness (QED) is 0.704. The summed E-state index contributed by atoms with van der Waals surface area (Å²) in [6.45, 7) is 5.54. The van der Waals surface area contributed by atoms with E-state index in [1.54, 1.807) is 0 Å². The van der Waals surface area contributed by atoms with Crippen molar-refractivity contribution in [3.63, 3.8) is 0 Å². The molecule has 1 atom stereocenters. The molecule has 0 aromatic rings. The first-order valence-corrected chi connectivity index (χ1v) is 6.55. The van der Waals surface area contributed by atoms with Crippen molar-refractivity contribution in [1.82, 2.24) is 10.2 Å². The molecule has 5 heteroatoms. The lowest BCUT2D eigenvalue weighted by atomic mass is 10.2. The predicted octanol–water partition coefficient (Wildman–Crippen LogP) is 0.00390. The van der Waals surface area contributed by atoms with Crippen LogP contribution in [0.15, 0.2) is 0 Å². The molecule has 2 saturated heterocycles. The second kappa shape index (κ2) is 6.93. The van der Waals surface area contributed by atoms with Crippen LogP contribution >= 0.6 is 0 Å². The van der Waals surface area contributed by atoms with Gasteiger partial charge in [0.05, 0.1) is 12.6 Å². The lowest BCUT2D eigenvalue weighted by molar-refractivity contribution is -0.148. The Bertz CT molecular complexity index is 234. The number of ether oxygens (including phenoxy) is 2. The second-order valence-electron chi connectivity index (χ2n) is 4.70. The van der Waals surface area contributed by atoms with Crippen LogP contribution < -0.4 is 5.32 Å². The largest absolute Gasteiger partial charge is 0.462 e. The van der Waals surface area contributed by atoms with Crippen molar-refractivity contribution in [2.45, 2.75) is 25.4 Å². The van der Waals surface area contributed by atoms with Crippen LogP contribution in [0.1, 0.15) is 19.3 Å². The Hall–Kier alpha value is -0.650. The number of hydrogen-bond donors (Lipinski definition) is 1. The smallest absolute Gasteiger partial charge is 0.320 e. The van der Waals surface area contributed by atoms with Gasteiger partial charge in [0.15, 0.2) is 0 Å². The van der Waals surface area contributed by atoms with Gasteiger partial charge in [-0.3, -0.25) is 9.69 Å². The number of hydrogen-bond acceptors (Lipinski definition) is 5. The molecular formula is C12H22N2O3. The van der Waals surface area contributed by atoms with Gasteiger partial charge < -0.3 is 14.8 Å². The van der Waals surface area contributed by atoms with E-state index in [1.165, 1.54) is 0 Å². The van der Waals surface area contributed by atoms with Crippen LogP contribution in [0.5, 0.6) is 0 Å². The van der Waals surface area contributed by atoms with Gasteiger partial charge in [-0.2, -0.15) is 0 Å². The minimum absolute atomic E-state index is 0.123. The van der Waals surface area contributed by atoms with Crippen LogP contribution in [-0.4, -0.2) is 62.9 Å². The summed E-state index contributed by atoms with van der Waals surface area (Å²) in [6, 6.07) is 0. The first-order chi connectivity index (χ1) is 8.34. The van der Waals surface area contributed by atoms with E-state index < -0.39 is 0 Å². The second-order valence-corrected chi connectivity index (χ2v) is 4.70. The molecule has 1 N–H and O–H groups in total. The Kier molecular flexibility index (Phi) is 5.22. The van der Waals surface area contributed by atoms with Gasteiger partial charge in [-0.15, -0.1) is 0 Å². The first kappa shape index (κ1) is 12.8. The molecule has 0 aromatic carbocycles. The van der Waals surface area contributed by atoms with Crippen molar-refractivity contribution < 1.29 is 14.3 Å². The van der Waals surface area contributed by atoms with Gasteiger partial charge >= 0.3 is 5.97 Å². The van der Waals surface area contributed by atoms with E-state index in [0.29, 0.717) is 13.2 Å². The highest BCUT2D eigenvalue weighted by Crippen LogP contribution is 2.12. The maximum atomic E-state index is 11.6. The lowest BCUT2D eigenvalue weighted by Crippen LogP contribution is -2.34. The van der Waals surface area contributed by atoms with Crippen molar-refractivity contribution in [1.29, 1.82) is 0 Å². The highest BCUT2D eigenvalue weighted by atomic mass is 16.6. The van der Waals surface area contributed by atoms with E-state index in [1.807, 2.05) is 0 Å². The summed E-state index contributed by atoms with van der Waals surface area (Å²) in [5.41, 5.74) is 0. The maximum Gasteiger partial charge on any atom is 0.320 e. The predicted molar refractivity (Wildman–Crippen MR) is 63.9 cm³/mol. The molecule has 5 nitrogen and oxygen atoms in total. The zero-order valence-electron chi connectivity index (χ0n) is 10.3. The Morgan fingerprint density at radius 3 is 3.12 bits per heavy atom. The topological polar surface area (TPSA) is 50.8 Å². The van der Waals surface area contributed by atoms with Crippen molar-refractivity contribution in [3.8, 4) is 0 Å². The molecule has 2 aliphatic heterocycles. The Morgan fingerprint density at radius 2 is 2.29 bits per heavy atom. The number of nitrogens with one attached hydrogen (secondary N) is 1. The molecule has 2 rings (SSSR count). The number of rotatable bonds is 4. The average molecular weight is 242 g/mol. The molecule has 0 spiro atoms. The fraction of sp³-hybridized carbons (Fsp3) is 0.917. The minimum Gasteiger partial charge on any atom is -0.462 e. The summed E-state index contributed by atoms with van der Waals surface area (Å²) in [4.78, 5) is 13.8. The Morgan fingerprint density at radius 1 is 1.35 bits per heavy atom. The van der Waals surface area contributed by atoms with Gasteiger partial charge in [-0.05, 0) is 32.4 Å². The van der Waals surface area contributed by atoms with E-state index >= 15 is 0 Å². The Labute approximate surface area is 102 Å². The van der Waals surface area contributed by atoms with Crippen LogP contribution in [0.3, 0.4) is 0 Å². The van der Waals surface area contributed by atoms with E-state index in [0.717, 1.165) is 52.0 Å². The van der Waals surface area contributed by atoms with Gasteiger partial charge in [0.25, 0.3) is 0 Å². The molecule has 1 unspecified atom stereocenters. The summed E-state index contributed by atoms with van der Waals surface area (Å²) in [5.74, 6) is -0.123. The molecule has 17 heavy (non-hydrogen) atoms. The number of carbonyl (C=O) groups is 1. The molecular weight excluding hydrogens is 220 g/mol. The van der Waals surface area contributed by atoms with Crippen molar-refractivity contribution in [2.24, 2.45) is 0 Å². The summed E-state index contributed by atoms with van der Waals surface area (Å²) >= 11 is 0. The van der Waals surface area contributed by atoms with Crippen molar-refractivity contribution >= 4 is 5.97 Å². The van der Waals surface area contributed by atoms with Crippen molar-refractivity contribution in [2.75, 3.05) is 45.9 Å². The Balaban J connectivity index is 1.61. The van der Waals surface area contributed by atoms with E-state index in [-0.39, 0.29) is 12.1 Å². The molecule has 0 amide bonds. The molecule has 0 aromatic heterocycles. The van der Waals surface area contributed by atoms with E-state index in [2.05, 4.69) is 10.2 Å².